The Hall–Kier alpha value is -0.620. The van der Waals surface area contributed by atoms with Crippen molar-refractivity contribution in [1.82, 2.24) is 9.97 Å². The van der Waals surface area contributed by atoms with E-state index in [2.05, 4.69) is 14.9 Å². The Bertz CT molecular complexity index is 380. The molecule has 0 atom stereocenters. The molecular weight excluding hydrogens is 289 g/mol. The number of hydrogen-bond acceptors (Lipinski definition) is 5. The molecule has 0 radical (unpaired) electrons. The maximum Gasteiger partial charge on any atom is 0.138 e. The largest absolute Gasteiger partial charge is 0.385 e. The van der Waals surface area contributed by atoms with Crippen molar-refractivity contribution >= 4 is 29.0 Å². The van der Waals surface area contributed by atoms with Gasteiger partial charge in [0.2, 0.25) is 0 Å². The Balaban J connectivity index is 2.85. The van der Waals surface area contributed by atoms with E-state index in [1.54, 1.807) is 14.2 Å². The smallest absolute Gasteiger partial charge is 0.138 e. The average molecular weight is 308 g/mol. The summed E-state index contributed by atoms with van der Waals surface area (Å²) >= 11 is 12.0. The van der Waals surface area contributed by atoms with Gasteiger partial charge in [0, 0.05) is 39.5 Å². The number of anilines is 1. The van der Waals surface area contributed by atoms with E-state index in [0.717, 1.165) is 30.9 Å². The Morgan fingerprint density at radius 3 is 2.53 bits per heavy atom. The van der Waals surface area contributed by atoms with E-state index in [0.29, 0.717) is 18.4 Å². The minimum atomic E-state index is 0.281. The van der Waals surface area contributed by atoms with Crippen molar-refractivity contribution in [2.45, 2.75) is 12.3 Å². The van der Waals surface area contributed by atoms with Crippen molar-refractivity contribution in [3.8, 4) is 0 Å². The summed E-state index contributed by atoms with van der Waals surface area (Å²) in [6.45, 7) is 2.82. The Morgan fingerprint density at radius 1 is 1.16 bits per heavy atom. The van der Waals surface area contributed by atoms with Crippen molar-refractivity contribution in [2.75, 3.05) is 45.4 Å². The van der Waals surface area contributed by atoms with Crippen LogP contribution in [0.1, 0.15) is 12.0 Å². The molecule has 0 unspecified atom stereocenters. The molecule has 1 aromatic heterocycles. The van der Waals surface area contributed by atoms with E-state index in [9.17, 15) is 0 Å². The number of halogens is 2. The number of nitrogens with zero attached hydrogens (tertiary/aromatic N) is 3. The number of aromatic nitrogens is 2. The molecule has 0 aliphatic heterocycles. The SMILES string of the molecule is COCCCN(CCOC)c1ncnc(Cl)c1CCl. The fraction of sp³-hybridized carbons (Fsp3) is 0.667. The molecule has 0 aromatic carbocycles. The number of methoxy groups -OCH3 is 2. The summed E-state index contributed by atoms with van der Waals surface area (Å²) in [5, 5.41) is 0.397. The van der Waals surface area contributed by atoms with Gasteiger partial charge in [-0.2, -0.15) is 0 Å². The normalized spacial score (nSPS) is 10.7. The lowest BCUT2D eigenvalue weighted by Gasteiger charge is -2.25. The zero-order valence-corrected chi connectivity index (χ0v) is 12.7. The first-order valence-corrected chi connectivity index (χ1v) is 6.94. The van der Waals surface area contributed by atoms with Crippen LogP contribution < -0.4 is 4.90 Å². The predicted molar refractivity (Wildman–Crippen MR) is 77.2 cm³/mol. The molecule has 0 N–H and O–H groups in total. The van der Waals surface area contributed by atoms with Crippen LogP contribution in [0, 0.1) is 0 Å². The minimum absolute atomic E-state index is 0.281. The standard InChI is InChI=1S/C12H19Cl2N3O2/c1-18-6-3-4-17(5-7-19-2)12-10(8-13)11(14)15-9-16-12/h9H,3-8H2,1-2H3. The van der Waals surface area contributed by atoms with Crippen molar-refractivity contribution in [3.63, 3.8) is 0 Å². The molecule has 19 heavy (non-hydrogen) atoms. The van der Waals surface area contributed by atoms with Crippen molar-refractivity contribution in [3.05, 3.63) is 17.0 Å². The lowest BCUT2D eigenvalue weighted by molar-refractivity contribution is 0.191. The molecule has 0 spiro atoms. The number of ether oxygens (including phenoxy) is 2. The third-order valence-electron chi connectivity index (χ3n) is 2.65. The quantitative estimate of drug-likeness (QED) is 0.398. The summed E-state index contributed by atoms with van der Waals surface area (Å²) < 4.78 is 10.2. The van der Waals surface area contributed by atoms with Crippen molar-refractivity contribution in [1.29, 1.82) is 0 Å². The first kappa shape index (κ1) is 16.4. The van der Waals surface area contributed by atoms with Gasteiger partial charge in [-0.25, -0.2) is 9.97 Å². The second-order valence-corrected chi connectivity index (χ2v) is 4.55. The highest BCUT2D eigenvalue weighted by Gasteiger charge is 2.15. The zero-order chi connectivity index (χ0) is 14.1. The van der Waals surface area contributed by atoms with Crippen LogP contribution >= 0.6 is 23.2 Å². The van der Waals surface area contributed by atoms with E-state index >= 15 is 0 Å². The molecule has 7 heteroatoms. The van der Waals surface area contributed by atoms with Crippen LogP contribution in [0.2, 0.25) is 5.15 Å². The summed E-state index contributed by atoms with van der Waals surface area (Å²) in [6, 6.07) is 0. The maximum atomic E-state index is 6.05. The van der Waals surface area contributed by atoms with Gasteiger partial charge in [-0.1, -0.05) is 11.6 Å². The monoisotopic (exact) mass is 307 g/mol. The third-order valence-corrected chi connectivity index (χ3v) is 3.24. The molecule has 5 nitrogen and oxygen atoms in total. The topological polar surface area (TPSA) is 47.5 Å². The van der Waals surface area contributed by atoms with Gasteiger partial charge in [-0.15, -0.1) is 11.6 Å². The molecular formula is C12H19Cl2N3O2. The Labute approximate surface area is 123 Å². The van der Waals surface area contributed by atoms with Gasteiger partial charge in [0.1, 0.15) is 17.3 Å². The van der Waals surface area contributed by atoms with Crippen LogP contribution in [0.25, 0.3) is 0 Å². The summed E-state index contributed by atoms with van der Waals surface area (Å²) in [7, 11) is 3.36. The number of alkyl halides is 1. The molecule has 1 aromatic rings. The van der Waals surface area contributed by atoms with E-state index in [-0.39, 0.29) is 5.88 Å². The molecule has 0 bridgehead atoms. The summed E-state index contributed by atoms with van der Waals surface area (Å²) in [5.41, 5.74) is 0.749. The highest BCUT2D eigenvalue weighted by molar-refractivity contribution is 6.31. The third kappa shape index (κ3) is 5.10. The van der Waals surface area contributed by atoms with Crippen LogP contribution in [0.5, 0.6) is 0 Å². The van der Waals surface area contributed by atoms with E-state index in [1.165, 1.54) is 6.33 Å². The first-order chi connectivity index (χ1) is 9.24. The summed E-state index contributed by atoms with van der Waals surface area (Å²) in [5.74, 6) is 1.05. The van der Waals surface area contributed by atoms with Gasteiger partial charge in [-0.3, -0.25) is 0 Å². The van der Waals surface area contributed by atoms with E-state index in [1.807, 2.05) is 0 Å². The molecule has 0 saturated carbocycles. The van der Waals surface area contributed by atoms with Crippen molar-refractivity contribution < 1.29 is 9.47 Å². The van der Waals surface area contributed by atoms with E-state index < -0.39 is 0 Å². The fourth-order valence-corrected chi connectivity index (χ4v) is 2.20. The Kier molecular flexibility index (Phi) is 8.05. The Morgan fingerprint density at radius 2 is 1.89 bits per heavy atom. The van der Waals surface area contributed by atoms with Crippen LogP contribution in [-0.4, -0.2) is 50.5 Å². The summed E-state index contributed by atoms with van der Waals surface area (Å²) in [6.07, 6.45) is 2.34. The number of rotatable bonds is 9. The molecule has 0 aliphatic carbocycles. The van der Waals surface area contributed by atoms with Crippen LogP contribution in [0.4, 0.5) is 5.82 Å². The van der Waals surface area contributed by atoms with Gasteiger partial charge in [0.25, 0.3) is 0 Å². The van der Waals surface area contributed by atoms with E-state index in [4.69, 9.17) is 32.7 Å². The van der Waals surface area contributed by atoms with Gasteiger partial charge < -0.3 is 14.4 Å². The lowest BCUT2D eigenvalue weighted by atomic mass is 10.3. The van der Waals surface area contributed by atoms with Crippen LogP contribution in [-0.2, 0) is 15.4 Å². The van der Waals surface area contributed by atoms with Gasteiger partial charge in [0.05, 0.1) is 12.5 Å². The predicted octanol–water partition coefficient (Wildman–Crippen LogP) is 2.36. The average Bonchev–Trinajstić information content (AvgIpc) is 2.42. The first-order valence-electron chi connectivity index (χ1n) is 6.02. The molecule has 0 fully saturated rings. The summed E-state index contributed by atoms with van der Waals surface area (Å²) in [4.78, 5) is 10.3. The molecule has 108 valence electrons. The zero-order valence-electron chi connectivity index (χ0n) is 11.2. The molecule has 0 amide bonds. The van der Waals surface area contributed by atoms with Gasteiger partial charge >= 0.3 is 0 Å². The number of hydrogen-bond donors (Lipinski definition) is 0. The van der Waals surface area contributed by atoms with Gasteiger partial charge in [-0.05, 0) is 6.42 Å². The van der Waals surface area contributed by atoms with Crippen LogP contribution in [0.15, 0.2) is 6.33 Å². The second-order valence-electron chi connectivity index (χ2n) is 3.93. The lowest BCUT2D eigenvalue weighted by Crippen LogP contribution is -2.30. The molecule has 0 saturated heterocycles. The maximum absolute atomic E-state index is 6.05. The van der Waals surface area contributed by atoms with Gasteiger partial charge in [0.15, 0.2) is 0 Å². The highest BCUT2D eigenvalue weighted by Crippen LogP contribution is 2.25. The van der Waals surface area contributed by atoms with Crippen molar-refractivity contribution in [2.24, 2.45) is 0 Å². The van der Waals surface area contributed by atoms with Crippen LogP contribution in [0.3, 0.4) is 0 Å². The molecule has 1 heterocycles. The minimum Gasteiger partial charge on any atom is -0.385 e. The molecule has 1 rings (SSSR count). The fourth-order valence-electron chi connectivity index (χ4n) is 1.69. The second kappa shape index (κ2) is 9.31. The molecule has 0 aliphatic rings. The highest BCUT2D eigenvalue weighted by atomic mass is 35.5.